The maximum atomic E-state index is 13.0. The van der Waals surface area contributed by atoms with E-state index in [2.05, 4.69) is 0 Å². The average molecular weight is 273 g/mol. The van der Waals surface area contributed by atoms with Crippen LogP contribution in [-0.4, -0.2) is 37.0 Å². The van der Waals surface area contributed by atoms with Crippen LogP contribution in [0.5, 0.6) is 0 Å². The quantitative estimate of drug-likeness (QED) is 0.883. The van der Waals surface area contributed by atoms with Gasteiger partial charge in [0.05, 0.1) is 11.0 Å². The van der Waals surface area contributed by atoms with Crippen molar-refractivity contribution in [3.63, 3.8) is 0 Å². The van der Waals surface area contributed by atoms with E-state index in [0.29, 0.717) is 24.9 Å². The van der Waals surface area contributed by atoms with Crippen molar-refractivity contribution in [2.75, 3.05) is 13.1 Å². The Labute approximate surface area is 106 Å². The van der Waals surface area contributed by atoms with Crippen molar-refractivity contribution in [1.29, 1.82) is 0 Å². The monoisotopic (exact) mass is 273 g/mol. The zero-order valence-electron chi connectivity index (χ0n) is 10.1. The van der Waals surface area contributed by atoms with Gasteiger partial charge >= 0.3 is 0 Å². The van der Waals surface area contributed by atoms with E-state index in [1.807, 2.05) is 0 Å². The molecule has 1 aromatic rings. The van der Waals surface area contributed by atoms with Crippen LogP contribution in [0.4, 0.5) is 4.39 Å². The minimum Gasteiger partial charge on any atom is -0.392 e. The second kappa shape index (κ2) is 4.95. The molecule has 0 spiro atoms. The molecular weight excluding hydrogens is 257 g/mol. The van der Waals surface area contributed by atoms with Gasteiger partial charge in [-0.15, -0.1) is 0 Å². The largest absolute Gasteiger partial charge is 0.392 e. The first-order valence-corrected chi connectivity index (χ1v) is 7.29. The predicted octanol–water partition coefficient (Wildman–Crippen LogP) is 1.28. The fourth-order valence-electron chi connectivity index (χ4n) is 2.18. The summed E-state index contributed by atoms with van der Waals surface area (Å²) in [7, 11) is -3.64. The third-order valence-corrected chi connectivity index (χ3v) is 5.14. The van der Waals surface area contributed by atoms with Gasteiger partial charge in [0, 0.05) is 13.1 Å². The molecule has 2 rings (SSSR count). The Hall–Kier alpha value is -0.980. The van der Waals surface area contributed by atoms with Gasteiger partial charge in [0.15, 0.2) is 0 Å². The molecule has 1 saturated heterocycles. The number of rotatable bonds is 2. The van der Waals surface area contributed by atoms with E-state index in [1.165, 1.54) is 16.4 Å². The van der Waals surface area contributed by atoms with Crippen LogP contribution in [0.3, 0.4) is 0 Å². The molecule has 0 aliphatic carbocycles. The molecule has 18 heavy (non-hydrogen) atoms. The topological polar surface area (TPSA) is 57.6 Å². The van der Waals surface area contributed by atoms with E-state index in [4.69, 9.17) is 0 Å². The fourth-order valence-corrected chi connectivity index (χ4v) is 3.90. The summed E-state index contributed by atoms with van der Waals surface area (Å²) in [6, 6.07) is 3.62. The van der Waals surface area contributed by atoms with Gasteiger partial charge in [-0.2, -0.15) is 4.31 Å². The van der Waals surface area contributed by atoms with Gasteiger partial charge in [0.2, 0.25) is 10.0 Å². The highest BCUT2D eigenvalue weighted by Crippen LogP contribution is 2.23. The smallest absolute Gasteiger partial charge is 0.243 e. The lowest BCUT2D eigenvalue weighted by atomic mass is 10.1. The molecular formula is C12H16FNO3S. The van der Waals surface area contributed by atoms with Crippen LogP contribution in [-0.2, 0) is 10.0 Å². The second-order valence-electron chi connectivity index (χ2n) is 4.57. The van der Waals surface area contributed by atoms with Crippen LogP contribution in [0, 0.1) is 12.7 Å². The first-order valence-electron chi connectivity index (χ1n) is 5.85. The summed E-state index contributed by atoms with van der Waals surface area (Å²) in [5.41, 5.74) is 0.384. The zero-order chi connectivity index (χ0) is 13.3. The minimum atomic E-state index is -3.64. The normalized spacial score (nSPS) is 22.1. The third-order valence-electron chi connectivity index (χ3n) is 3.11. The van der Waals surface area contributed by atoms with Gasteiger partial charge in [-0.05, 0) is 43.5 Å². The van der Waals surface area contributed by atoms with Gasteiger partial charge in [0.1, 0.15) is 5.82 Å². The highest BCUT2D eigenvalue weighted by atomic mass is 32.2. The molecule has 0 radical (unpaired) electrons. The molecule has 0 bridgehead atoms. The molecule has 1 N–H and O–H groups in total. The number of hydrogen-bond donors (Lipinski definition) is 1. The summed E-state index contributed by atoms with van der Waals surface area (Å²) in [6.45, 7) is 2.08. The molecule has 0 unspecified atom stereocenters. The number of halogens is 1. The van der Waals surface area contributed by atoms with Crippen LogP contribution in [0.1, 0.15) is 18.4 Å². The molecule has 1 aliphatic heterocycles. The molecule has 6 heteroatoms. The highest BCUT2D eigenvalue weighted by Gasteiger charge is 2.30. The predicted molar refractivity (Wildman–Crippen MR) is 65.1 cm³/mol. The molecule has 1 atom stereocenters. The number of benzene rings is 1. The summed E-state index contributed by atoms with van der Waals surface area (Å²) >= 11 is 0. The minimum absolute atomic E-state index is 0.109. The number of aryl methyl sites for hydroxylation is 1. The Morgan fingerprint density at radius 1 is 1.44 bits per heavy atom. The SMILES string of the molecule is Cc1cc(F)ccc1S(=O)(=O)N1CCC[C@H](O)C1. The zero-order valence-corrected chi connectivity index (χ0v) is 11.0. The third kappa shape index (κ3) is 2.55. The van der Waals surface area contributed by atoms with Crippen molar-refractivity contribution in [1.82, 2.24) is 4.31 Å². The fraction of sp³-hybridized carbons (Fsp3) is 0.500. The van der Waals surface area contributed by atoms with Gasteiger partial charge in [-0.25, -0.2) is 12.8 Å². The Bertz CT molecular complexity index is 544. The highest BCUT2D eigenvalue weighted by molar-refractivity contribution is 7.89. The molecule has 1 aliphatic rings. The van der Waals surface area contributed by atoms with E-state index in [9.17, 15) is 17.9 Å². The summed E-state index contributed by atoms with van der Waals surface area (Å²) in [4.78, 5) is 0.109. The van der Waals surface area contributed by atoms with Gasteiger partial charge in [-0.1, -0.05) is 0 Å². The Morgan fingerprint density at radius 2 is 2.17 bits per heavy atom. The lowest BCUT2D eigenvalue weighted by Gasteiger charge is -2.29. The van der Waals surface area contributed by atoms with Crippen molar-refractivity contribution in [3.8, 4) is 0 Å². The maximum Gasteiger partial charge on any atom is 0.243 e. The molecule has 1 aromatic carbocycles. The van der Waals surface area contributed by atoms with Crippen molar-refractivity contribution >= 4 is 10.0 Å². The standard InChI is InChI=1S/C12H16FNO3S/c1-9-7-10(13)4-5-12(9)18(16,17)14-6-2-3-11(15)8-14/h4-5,7,11,15H,2-3,6,8H2,1H3/t11-/m0/s1. The van der Waals surface area contributed by atoms with Crippen molar-refractivity contribution < 1.29 is 17.9 Å². The molecule has 4 nitrogen and oxygen atoms in total. The van der Waals surface area contributed by atoms with Crippen LogP contribution in [0.15, 0.2) is 23.1 Å². The van der Waals surface area contributed by atoms with Crippen LogP contribution in [0.2, 0.25) is 0 Å². The maximum absolute atomic E-state index is 13.0. The van der Waals surface area contributed by atoms with Crippen LogP contribution < -0.4 is 0 Å². The summed E-state index contributed by atoms with van der Waals surface area (Å²) in [5, 5.41) is 9.54. The molecule has 1 heterocycles. The lowest BCUT2D eigenvalue weighted by Crippen LogP contribution is -2.42. The number of nitrogens with zero attached hydrogens (tertiary/aromatic N) is 1. The number of piperidine rings is 1. The molecule has 1 fully saturated rings. The van der Waals surface area contributed by atoms with Crippen molar-refractivity contribution in [2.24, 2.45) is 0 Å². The van der Waals surface area contributed by atoms with Crippen molar-refractivity contribution in [3.05, 3.63) is 29.6 Å². The Kier molecular flexibility index (Phi) is 3.70. The van der Waals surface area contributed by atoms with Crippen LogP contribution >= 0.6 is 0 Å². The Balaban J connectivity index is 2.35. The van der Waals surface area contributed by atoms with Crippen molar-refractivity contribution in [2.45, 2.75) is 30.8 Å². The van der Waals surface area contributed by atoms with E-state index in [1.54, 1.807) is 6.92 Å². The average Bonchev–Trinajstić information content (AvgIpc) is 2.28. The van der Waals surface area contributed by atoms with E-state index < -0.39 is 21.9 Å². The summed E-state index contributed by atoms with van der Waals surface area (Å²) in [6.07, 6.45) is 0.643. The number of hydrogen-bond acceptors (Lipinski definition) is 3. The Morgan fingerprint density at radius 3 is 2.78 bits per heavy atom. The number of β-amino-alcohol motifs (C(OH)–C–C–N with tert-alkyl or cyclic N) is 1. The molecule has 0 saturated carbocycles. The van der Waals surface area contributed by atoms with Gasteiger partial charge in [-0.3, -0.25) is 0 Å². The number of aliphatic hydroxyl groups is 1. The lowest BCUT2D eigenvalue weighted by molar-refractivity contribution is 0.108. The van der Waals surface area contributed by atoms with Gasteiger partial charge in [0.25, 0.3) is 0 Å². The first kappa shape index (κ1) is 13.5. The van der Waals surface area contributed by atoms with E-state index in [-0.39, 0.29) is 11.4 Å². The molecule has 0 aromatic heterocycles. The summed E-state index contributed by atoms with van der Waals surface area (Å²) in [5.74, 6) is -0.454. The number of aliphatic hydroxyl groups excluding tert-OH is 1. The van der Waals surface area contributed by atoms with Crippen LogP contribution in [0.25, 0.3) is 0 Å². The van der Waals surface area contributed by atoms with Gasteiger partial charge < -0.3 is 5.11 Å². The first-order chi connectivity index (χ1) is 8.41. The second-order valence-corrected chi connectivity index (χ2v) is 6.48. The van der Waals surface area contributed by atoms with E-state index in [0.717, 1.165) is 6.07 Å². The number of sulfonamides is 1. The summed E-state index contributed by atoms with van der Waals surface area (Å²) < 4.78 is 39.0. The van der Waals surface area contributed by atoms with E-state index >= 15 is 0 Å². The molecule has 100 valence electrons. The molecule has 0 amide bonds.